The SMILES string of the molecule is CCC(=O)CCc1cc([N+](=O)[O-])ccc1OC. The van der Waals surface area contributed by atoms with Crippen LogP contribution < -0.4 is 4.74 Å². The third kappa shape index (κ3) is 3.55. The minimum Gasteiger partial charge on any atom is -0.496 e. The van der Waals surface area contributed by atoms with Crippen LogP contribution in [0.15, 0.2) is 18.2 Å². The van der Waals surface area contributed by atoms with Gasteiger partial charge in [0, 0.05) is 30.5 Å². The van der Waals surface area contributed by atoms with Crippen LogP contribution in [0.25, 0.3) is 0 Å². The van der Waals surface area contributed by atoms with Gasteiger partial charge in [0.2, 0.25) is 0 Å². The molecule has 0 saturated carbocycles. The first-order valence-electron chi connectivity index (χ1n) is 5.41. The van der Waals surface area contributed by atoms with Crippen molar-refractivity contribution >= 4 is 11.5 Å². The third-order valence-electron chi connectivity index (χ3n) is 2.54. The molecule has 0 amide bonds. The Balaban J connectivity index is 2.90. The number of non-ortho nitro benzene ring substituents is 1. The summed E-state index contributed by atoms with van der Waals surface area (Å²) in [5.74, 6) is 0.720. The molecule has 0 aliphatic heterocycles. The number of aryl methyl sites for hydroxylation is 1. The van der Waals surface area contributed by atoms with Crippen molar-refractivity contribution in [3.8, 4) is 5.75 Å². The fraction of sp³-hybridized carbons (Fsp3) is 0.417. The first kappa shape index (κ1) is 13.2. The number of nitrogens with zero attached hydrogens (tertiary/aromatic N) is 1. The molecule has 17 heavy (non-hydrogen) atoms. The van der Waals surface area contributed by atoms with E-state index in [4.69, 9.17) is 4.74 Å². The zero-order valence-electron chi connectivity index (χ0n) is 9.93. The lowest BCUT2D eigenvalue weighted by Crippen LogP contribution is -2.00. The second kappa shape index (κ2) is 5.98. The standard InChI is InChI=1S/C12H15NO4/c1-3-11(14)6-4-9-8-10(13(15)16)5-7-12(9)17-2/h5,7-8H,3-4,6H2,1-2H3. The van der Waals surface area contributed by atoms with Gasteiger partial charge in [-0.3, -0.25) is 14.9 Å². The molecule has 0 atom stereocenters. The number of carbonyl (C=O) groups is 1. The maximum Gasteiger partial charge on any atom is 0.269 e. The number of hydrogen-bond acceptors (Lipinski definition) is 4. The lowest BCUT2D eigenvalue weighted by molar-refractivity contribution is -0.384. The fourth-order valence-corrected chi connectivity index (χ4v) is 1.52. The summed E-state index contributed by atoms with van der Waals surface area (Å²) in [6.45, 7) is 1.80. The lowest BCUT2D eigenvalue weighted by Gasteiger charge is -2.07. The second-order valence-electron chi connectivity index (χ2n) is 3.65. The molecule has 0 aliphatic carbocycles. The zero-order chi connectivity index (χ0) is 12.8. The van der Waals surface area contributed by atoms with E-state index in [2.05, 4.69) is 0 Å². The summed E-state index contributed by atoms with van der Waals surface area (Å²) in [5.41, 5.74) is 0.716. The van der Waals surface area contributed by atoms with Gasteiger partial charge in [0.25, 0.3) is 5.69 Å². The van der Waals surface area contributed by atoms with Crippen LogP contribution in [0.5, 0.6) is 5.75 Å². The van der Waals surface area contributed by atoms with E-state index in [1.54, 1.807) is 13.0 Å². The van der Waals surface area contributed by atoms with Crippen molar-refractivity contribution in [2.24, 2.45) is 0 Å². The summed E-state index contributed by atoms with van der Waals surface area (Å²) in [6.07, 6.45) is 1.34. The summed E-state index contributed by atoms with van der Waals surface area (Å²) in [7, 11) is 1.51. The van der Waals surface area contributed by atoms with Gasteiger partial charge in [-0.2, -0.15) is 0 Å². The van der Waals surface area contributed by atoms with Crippen LogP contribution in [-0.2, 0) is 11.2 Å². The molecular weight excluding hydrogens is 222 g/mol. The number of nitro groups is 1. The van der Waals surface area contributed by atoms with Crippen molar-refractivity contribution < 1.29 is 14.5 Å². The molecule has 0 spiro atoms. The lowest BCUT2D eigenvalue weighted by atomic mass is 10.0. The molecule has 1 aromatic carbocycles. The number of Topliss-reactive ketones (excluding diaryl/α,β-unsaturated/α-hetero) is 1. The van der Waals surface area contributed by atoms with Gasteiger partial charge in [0.05, 0.1) is 12.0 Å². The number of carbonyl (C=O) groups excluding carboxylic acids is 1. The van der Waals surface area contributed by atoms with E-state index in [-0.39, 0.29) is 11.5 Å². The number of ketones is 1. The Morgan fingerprint density at radius 2 is 2.18 bits per heavy atom. The molecule has 0 heterocycles. The van der Waals surface area contributed by atoms with Gasteiger partial charge in [-0.25, -0.2) is 0 Å². The highest BCUT2D eigenvalue weighted by Crippen LogP contribution is 2.25. The molecule has 0 saturated heterocycles. The van der Waals surface area contributed by atoms with Gasteiger partial charge in [-0.05, 0) is 12.5 Å². The number of rotatable bonds is 6. The van der Waals surface area contributed by atoms with Crippen molar-refractivity contribution in [1.29, 1.82) is 0 Å². The summed E-state index contributed by atoms with van der Waals surface area (Å²) in [5, 5.41) is 10.6. The average molecular weight is 237 g/mol. The van der Waals surface area contributed by atoms with Gasteiger partial charge in [0.15, 0.2) is 0 Å². The van der Waals surface area contributed by atoms with Crippen molar-refractivity contribution in [3.05, 3.63) is 33.9 Å². The maximum absolute atomic E-state index is 11.2. The molecule has 0 aliphatic rings. The van der Waals surface area contributed by atoms with Gasteiger partial charge < -0.3 is 4.74 Å². The normalized spacial score (nSPS) is 10.0. The molecule has 5 nitrogen and oxygen atoms in total. The van der Waals surface area contributed by atoms with Crippen molar-refractivity contribution in [2.75, 3.05) is 7.11 Å². The molecule has 0 radical (unpaired) electrons. The third-order valence-corrected chi connectivity index (χ3v) is 2.54. The van der Waals surface area contributed by atoms with Crippen LogP contribution >= 0.6 is 0 Å². The van der Waals surface area contributed by atoms with E-state index in [9.17, 15) is 14.9 Å². The van der Waals surface area contributed by atoms with Crippen LogP contribution in [0.2, 0.25) is 0 Å². The minimum atomic E-state index is -0.454. The van der Waals surface area contributed by atoms with Gasteiger partial charge in [0.1, 0.15) is 11.5 Å². The number of benzene rings is 1. The predicted octanol–water partition coefficient (Wildman–Crippen LogP) is 2.52. The zero-order valence-corrected chi connectivity index (χ0v) is 9.93. The summed E-state index contributed by atoms with van der Waals surface area (Å²) in [6, 6.07) is 4.41. The molecular formula is C12H15NO4. The van der Waals surface area contributed by atoms with Crippen LogP contribution in [0.3, 0.4) is 0 Å². The summed E-state index contributed by atoms with van der Waals surface area (Å²) < 4.78 is 5.11. The Morgan fingerprint density at radius 1 is 1.47 bits per heavy atom. The molecule has 1 rings (SSSR count). The molecule has 0 fully saturated rings. The van der Waals surface area contributed by atoms with Crippen LogP contribution in [0.1, 0.15) is 25.3 Å². The largest absolute Gasteiger partial charge is 0.496 e. The number of methoxy groups -OCH3 is 1. The molecule has 1 aromatic rings. The van der Waals surface area contributed by atoms with Gasteiger partial charge in [-0.15, -0.1) is 0 Å². The molecule has 0 N–H and O–H groups in total. The van der Waals surface area contributed by atoms with Crippen molar-refractivity contribution in [3.63, 3.8) is 0 Å². The smallest absolute Gasteiger partial charge is 0.269 e. The van der Waals surface area contributed by atoms with E-state index >= 15 is 0 Å². The Bertz CT molecular complexity index is 429. The molecule has 5 heteroatoms. The maximum atomic E-state index is 11.2. The Hall–Kier alpha value is -1.91. The van der Waals surface area contributed by atoms with Gasteiger partial charge in [-0.1, -0.05) is 6.92 Å². The fourth-order valence-electron chi connectivity index (χ4n) is 1.52. The molecule has 0 unspecified atom stereocenters. The Labute approximate surface area is 99.5 Å². The van der Waals surface area contributed by atoms with Crippen LogP contribution in [0.4, 0.5) is 5.69 Å². The average Bonchev–Trinajstić information content (AvgIpc) is 2.35. The topological polar surface area (TPSA) is 69.4 Å². The monoisotopic (exact) mass is 237 g/mol. The quantitative estimate of drug-likeness (QED) is 0.563. The highest BCUT2D eigenvalue weighted by Gasteiger charge is 2.12. The minimum absolute atomic E-state index is 0.0183. The van der Waals surface area contributed by atoms with E-state index in [1.807, 2.05) is 0 Å². The molecule has 92 valence electrons. The Kier molecular flexibility index (Phi) is 4.63. The highest BCUT2D eigenvalue weighted by molar-refractivity contribution is 5.78. The summed E-state index contributed by atoms with van der Waals surface area (Å²) in [4.78, 5) is 21.4. The Morgan fingerprint density at radius 3 is 2.71 bits per heavy atom. The number of hydrogen-bond donors (Lipinski definition) is 0. The molecule has 0 bridgehead atoms. The van der Waals surface area contributed by atoms with Crippen LogP contribution in [-0.4, -0.2) is 17.8 Å². The first-order valence-corrected chi connectivity index (χ1v) is 5.41. The van der Waals surface area contributed by atoms with E-state index in [0.29, 0.717) is 30.6 Å². The highest BCUT2D eigenvalue weighted by atomic mass is 16.6. The first-order chi connectivity index (χ1) is 8.08. The molecule has 0 aromatic heterocycles. The predicted molar refractivity (Wildman–Crippen MR) is 63.3 cm³/mol. The second-order valence-corrected chi connectivity index (χ2v) is 3.65. The van der Waals surface area contributed by atoms with Crippen molar-refractivity contribution in [2.45, 2.75) is 26.2 Å². The number of nitro benzene ring substituents is 1. The summed E-state index contributed by atoms with van der Waals surface area (Å²) >= 11 is 0. The van der Waals surface area contributed by atoms with E-state index in [0.717, 1.165) is 0 Å². The van der Waals surface area contributed by atoms with Gasteiger partial charge >= 0.3 is 0 Å². The van der Waals surface area contributed by atoms with Crippen molar-refractivity contribution in [1.82, 2.24) is 0 Å². The van der Waals surface area contributed by atoms with E-state index in [1.165, 1.54) is 19.2 Å². The number of ether oxygens (including phenoxy) is 1. The van der Waals surface area contributed by atoms with E-state index < -0.39 is 4.92 Å². The van der Waals surface area contributed by atoms with Crippen LogP contribution in [0, 0.1) is 10.1 Å².